The van der Waals surface area contributed by atoms with Crippen LogP contribution in [0, 0.1) is 5.92 Å². The zero-order chi connectivity index (χ0) is 25.7. The topological polar surface area (TPSA) is 151 Å². The van der Waals surface area contributed by atoms with Crippen molar-refractivity contribution < 1.29 is 24.3 Å². The number of carbonyl (C=O) groups excluding carboxylic acids is 3. The monoisotopic (exact) mass is 512 g/mol. The van der Waals surface area contributed by atoms with Gasteiger partial charge in [0.05, 0.1) is 6.04 Å². The first-order valence-corrected chi connectivity index (χ1v) is 13.2. The number of nitrogens with two attached hydrogens (primary N) is 1. The van der Waals surface area contributed by atoms with E-state index in [0.29, 0.717) is 12.2 Å². The summed E-state index contributed by atoms with van der Waals surface area (Å²) in [6.07, 6.45) is 3.06. The molecule has 5 atom stereocenters. The number of thioether (sulfide) groups is 1. The third kappa shape index (κ3) is 9.94. The number of amides is 3. The van der Waals surface area contributed by atoms with Crippen LogP contribution in [0.1, 0.15) is 32.3 Å². The lowest BCUT2D eigenvalue weighted by Crippen LogP contribution is -2.58. The Kier molecular flexibility index (Phi) is 13.7. The number of carboxylic acids is 1. The maximum absolute atomic E-state index is 13.2. The van der Waals surface area contributed by atoms with Gasteiger partial charge in [-0.15, -0.1) is 0 Å². The highest BCUT2D eigenvalue weighted by molar-refractivity contribution is 7.98. The minimum Gasteiger partial charge on any atom is -0.480 e. The van der Waals surface area contributed by atoms with Crippen molar-refractivity contribution in [3.05, 3.63) is 35.9 Å². The van der Waals surface area contributed by atoms with Gasteiger partial charge in [-0.25, -0.2) is 4.79 Å². The molecular weight excluding hydrogens is 476 g/mol. The van der Waals surface area contributed by atoms with Crippen molar-refractivity contribution in [3.63, 3.8) is 0 Å². The third-order valence-corrected chi connectivity index (χ3v) is 6.53. The van der Waals surface area contributed by atoms with Crippen LogP contribution in [0.5, 0.6) is 0 Å². The second-order valence-corrected chi connectivity index (χ2v) is 9.44. The quantitative estimate of drug-likeness (QED) is 0.190. The molecular formula is C23H36N4O5S2. The van der Waals surface area contributed by atoms with Crippen LogP contribution in [0.4, 0.5) is 0 Å². The van der Waals surface area contributed by atoms with E-state index in [1.165, 1.54) is 11.8 Å². The Morgan fingerprint density at radius 1 is 1.00 bits per heavy atom. The number of carbonyl (C=O) groups is 4. The van der Waals surface area contributed by atoms with Crippen molar-refractivity contribution in [2.75, 3.05) is 17.8 Å². The van der Waals surface area contributed by atoms with Crippen LogP contribution in [0.2, 0.25) is 0 Å². The van der Waals surface area contributed by atoms with E-state index in [0.717, 1.165) is 5.56 Å². The molecule has 0 aromatic heterocycles. The molecule has 0 saturated carbocycles. The summed E-state index contributed by atoms with van der Waals surface area (Å²) in [5.41, 5.74) is 6.88. The van der Waals surface area contributed by atoms with E-state index in [2.05, 4.69) is 28.6 Å². The Labute approximate surface area is 210 Å². The minimum atomic E-state index is -1.22. The molecule has 0 bridgehead atoms. The van der Waals surface area contributed by atoms with Gasteiger partial charge in [0, 0.05) is 12.2 Å². The van der Waals surface area contributed by atoms with E-state index in [-0.39, 0.29) is 24.5 Å². The van der Waals surface area contributed by atoms with E-state index in [1.807, 2.05) is 50.4 Å². The molecule has 9 nitrogen and oxygen atoms in total. The summed E-state index contributed by atoms with van der Waals surface area (Å²) < 4.78 is 0. The summed E-state index contributed by atoms with van der Waals surface area (Å²) in [5, 5.41) is 17.0. The highest BCUT2D eigenvalue weighted by atomic mass is 32.2. The van der Waals surface area contributed by atoms with Gasteiger partial charge in [0.25, 0.3) is 0 Å². The molecule has 11 heteroatoms. The summed E-state index contributed by atoms with van der Waals surface area (Å²) in [6.45, 7) is 3.79. The molecule has 190 valence electrons. The summed E-state index contributed by atoms with van der Waals surface area (Å²) in [4.78, 5) is 50.0. The average molecular weight is 513 g/mol. The Morgan fingerprint density at radius 2 is 1.56 bits per heavy atom. The molecule has 0 radical (unpaired) electrons. The van der Waals surface area contributed by atoms with Crippen LogP contribution in [-0.4, -0.2) is 70.7 Å². The number of benzene rings is 1. The van der Waals surface area contributed by atoms with Crippen molar-refractivity contribution in [1.29, 1.82) is 0 Å². The Bertz CT molecular complexity index is 812. The van der Waals surface area contributed by atoms with Crippen molar-refractivity contribution in [1.82, 2.24) is 16.0 Å². The molecule has 3 amide bonds. The summed E-state index contributed by atoms with van der Waals surface area (Å²) in [7, 11) is 0. The lowest BCUT2D eigenvalue weighted by atomic mass is 9.98. The van der Waals surface area contributed by atoms with Crippen molar-refractivity contribution in [2.45, 2.75) is 57.3 Å². The molecule has 1 rings (SSSR count). The number of nitrogens with one attached hydrogen (secondary N) is 3. The molecule has 34 heavy (non-hydrogen) atoms. The standard InChI is InChI=1S/C23H36N4O5S2/c1-4-14(2)19(24)22(30)26-17(12-15-8-6-5-7-9-15)21(29)25-16(10-11-34-3)20(28)27-18(13-33)23(31)32/h5-9,14,16-19,33H,4,10-13,24H2,1-3H3,(H,25,29)(H,26,30)(H,27,28)(H,31,32). The maximum atomic E-state index is 13.2. The smallest absolute Gasteiger partial charge is 0.327 e. The Balaban J connectivity index is 3.07. The van der Waals surface area contributed by atoms with Gasteiger partial charge in [-0.1, -0.05) is 50.6 Å². The van der Waals surface area contributed by atoms with Gasteiger partial charge in [0.2, 0.25) is 17.7 Å². The summed E-state index contributed by atoms with van der Waals surface area (Å²) in [6, 6.07) is 5.28. The fourth-order valence-corrected chi connectivity index (χ4v) is 3.79. The van der Waals surface area contributed by atoms with E-state index < -0.39 is 47.9 Å². The lowest BCUT2D eigenvalue weighted by molar-refractivity contribution is -0.141. The van der Waals surface area contributed by atoms with E-state index in [1.54, 1.807) is 0 Å². The van der Waals surface area contributed by atoms with E-state index in [4.69, 9.17) is 5.73 Å². The van der Waals surface area contributed by atoms with Crippen LogP contribution in [0.3, 0.4) is 0 Å². The van der Waals surface area contributed by atoms with Gasteiger partial charge in [0.15, 0.2) is 0 Å². The van der Waals surface area contributed by atoms with Gasteiger partial charge in [-0.05, 0) is 29.9 Å². The fraction of sp³-hybridized carbons (Fsp3) is 0.565. The number of aliphatic carboxylic acids is 1. The first-order chi connectivity index (χ1) is 16.1. The van der Waals surface area contributed by atoms with Crippen LogP contribution >= 0.6 is 24.4 Å². The largest absolute Gasteiger partial charge is 0.480 e. The predicted molar refractivity (Wildman–Crippen MR) is 138 cm³/mol. The number of hydrogen-bond acceptors (Lipinski definition) is 7. The lowest BCUT2D eigenvalue weighted by Gasteiger charge is -2.26. The average Bonchev–Trinajstić information content (AvgIpc) is 2.83. The number of hydrogen-bond donors (Lipinski definition) is 6. The highest BCUT2D eigenvalue weighted by Crippen LogP contribution is 2.09. The SMILES string of the molecule is CCC(C)C(N)C(=O)NC(Cc1ccccc1)C(=O)NC(CCSC)C(=O)NC(CS)C(=O)O. The van der Waals surface area contributed by atoms with Gasteiger partial charge in [-0.2, -0.15) is 24.4 Å². The van der Waals surface area contributed by atoms with Crippen molar-refractivity contribution in [3.8, 4) is 0 Å². The number of carboxylic acid groups (broad SMARTS) is 1. The second-order valence-electron chi connectivity index (χ2n) is 8.09. The molecule has 0 spiro atoms. The van der Waals surface area contributed by atoms with Crippen LogP contribution < -0.4 is 21.7 Å². The van der Waals surface area contributed by atoms with Gasteiger partial charge >= 0.3 is 5.97 Å². The zero-order valence-corrected chi connectivity index (χ0v) is 21.5. The van der Waals surface area contributed by atoms with Gasteiger partial charge < -0.3 is 26.8 Å². The van der Waals surface area contributed by atoms with E-state index >= 15 is 0 Å². The van der Waals surface area contributed by atoms with E-state index in [9.17, 15) is 24.3 Å². The zero-order valence-electron chi connectivity index (χ0n) is 19.8. The maximum Gasteiger partial charge on any atom is 0.327 e. The molecule has 0 aliphatic carbocycles. The molecule has 0 fully saturated rings. The number of thiol groups is 1. The van der Waals surface area contributed by atoms with Crippen molar-refractivity contribution in [2.24, 2.45) is 11.7 Å². The second kappa shape index (κ2) is 15.6. The highest BCUT2D eigenvalue weighted by Gasteiger charge is 2.30. The van der Waals surface area contributed by atoms with Crippen LogP contribution in [-0.2, 0) is 25.6 Å². The molecule has 1 aromatic carbocycles. The molecule has 1 aromatic rings. The normalized spacial score (nSPS) is 15.3. The van der Waals surface area contributed by atoms with Crippen LogP contribution in [0.15, 0.2) is 30.3 Å². The molecule has 5 unspecified atom stereocenters. The summed E-state index contributed by atoms with van der Waals surface area (Å²) in [5.74, 6) is -2.44. The van der Waals surface area contributed by atoms with Gasteiger partial charge in [0.1, 0.15) is 18.1 Å². The Morgan fingerprint density at radius 3 is 2.09 bits per heavy atom. The fourth-order valence-electron chi connectivity index (χ4n) is 3.07. The van der Waals surface area contributed by atoms with Crippen molar-refractivity contribution >= 4 is 48.1 Å². The first-order valence-electron chi connectivity index (χ1n) is 11.2. The third-order valence-electron chi connectivity index (χ3n) is 5.52. The molecule has 0 aliphatic heterocycles. The molecule has 6 N–H and O–H groups in total. The minimum absolute atomic E-state index is 0.0743. The Hall–Kier alpha value is -2.24. The predicted octanol–water partition coefficient (Wildman–Crippen LogP) is 0.824. The van der Waals surface area contributed by atoms with Crippen LogP contribution in [0.25, 0.3) is 0 Å². The molecule has 0 aliphatic rings. The molecule has 0 saturated heterocycles. The number of rotatable bonds is 15. The summed E-state index contributed by atoms with van der Waals surface area (Å²) >= 11 is 5.45. The van der Waals surface area contributed by atoms with Gasteiger partial charge in [-0.3, -0.25) is 14.4 Å². The molecule has 0 heterocycles. The first kappa shape index (κ1) is 29.8.